The first-order chi connectivity index (χ1) is 6.76. The van der Waals surface area contributed by atoms with Gasteiger partial charge in [-0.15, -0.1) is 11.3 Å². The van der Waals surface area contributed by atoms with Gasteiger partial charge >= 0.3 is 0 Å². The monoisotopic (exact) mass is 223 g/mol. The highest BCUT2D eigenvalue weighted by Crippen LogP contribution is 2.35. The molecule has 0 N–H and O–H groups in total. The zero-order valence-corrected chi connectivity index (χ0v) is 8.95. The summed E-state index contributed by atoms with van der Waals surface area (Å²) in [6.07, 6.45) is 0. The Hall–Kier alpha value is -1.24. The molecule has 2 rings (SSSR count). The maximum absolute atomic E-state index is 8.84. The molecule has 70 valence electrons. The Labute approximate surface area is 90.3 Å². The number of hydrogen-bond acceptors (Lipinski definition) is 3. The van der Waals surface area contributed by atoms with E-state index in [2.05, 4.69) is 6.07 Å². The molecule has 2 aromatic rings. The maximum atomic E-state index is 8.84. The lowest BCUT2D eigenvalue weighted by molar-refractivity contribution is 0.415. The van der Waals surface area contributed by atoms with E-state index >= 15 is 0 Å². The maximum Gasteiger partial charge on any atom is 0.121 e. The van der Waals surface area contributed by atoms with Gasteiger partial charge in [0.1, 0.15) is 11.8 Å². The van der Waals surface area contributed by atoms with Crippen molar-refractivity contribution in [3.8, 4) is 11.8 Å². The molecule has 0 saturated carbocycles. The molecule has 0 fully saturated rings. The van der Waals surface area contributed by atoms with Gasteiger partial charge in [-0.05, 0) is 12.1 Å². The minimum absolute atomic E-state index is 0.567. The normalized spacial score (nSPS) is 10.1. The molecule has 0 unspecified atom stereocenters. The highest BCUT2D eigenvalue weighted by Gasteiger charge is 2.09. The smallest absolute Gasteiger partial charge is 0.121 e. The van der Waals surface area contributed by atoms with Gasteiger partial charge < -0.3 is 4.74 Å². The van der Waals surface area contributed by atoms with Crippen LogP contribution >= 0.6 is 22.9 Å². The summed E-state index contributed by atoms with van der Waals surface area (Å²) < 4.78 is 6.06. The largest absolute Gasteiger partial charge is 0.497 e. The first-order valence-corrected chi connectivity index (χ1v) is 5.17. The van der Waals surface area contributed by atoms with Crippen LogP contribution in [0.2, 0.25) is 5.02 Å². The molecule has 0 amide bonds. The molecule has 1 aromatic carbocycles. The van der Waals surface area contributed by atoms with Crippen LogP contribution in [-0.4, -0.2) is 7.11 Å². The lowest BCUT2D eigenvalue weighted by Gasteiger charge is -2.01. The number of thiophene rings is 1. The number of methoxy groups -OCH3 is 1. The second-order valence-electron chi connectivity index (χ2n) is 2.74. The van der Waals surface area contributed by atoms with E-state index in [1.165, 1.54) is 11.3 Å². The molecule has 0 atom stereocenters. The summed E-state index contributed by atoms with van der Waals surface area (Å²) in [6.45, 7) is 0. The summed E-state index contributed by atoms with van der Waals surface area (Å²) >= 11 is 7.54. The van der Waals surface area contributed by atoms with Crippen LogP contribution in [0, 0.1) is 11.3 Å². The topological polar surface area (TPSA) is 33.0 Å². The van der Waals surface area contributed by atoms with E-state index in [4.69, 9.17) is 21.6 Å². The van der Waals surface area contributed by atoms with Crippen molar-refractivity contribution in [3.05, 3.63) is 28.1 Å². The Morgan fingerprint density at radius 3 is 2.93 bits per heavy atom. The lowest BCUT2D eigenvalue weighted by atomic mass is 10.2. The molecular weight excluding hydrogens is 218 g/mol. The Kier molecular flexibility index (Phi) is 2.32. The minimum Gasteiger partial charge on any atom is -0.497 e. The first kappa shape index (κ1) is 9.32. The van der Waals surface area contributed by atoms with E-state index in [9.17, 15) is 0 Å². The molecule has 4 heteroatoms. The Morgan fingerprint density at radius 2 is 2.29 bits per heavy atom. The average Bonchev–Trinajstić information content (AvgIpc) is 2.61. The lowest BCUT2D eigenvalue weighted by Crippen LogP contribution is -1.82. The van der Waals surface area contributed by atoms with E-state index in [1.807, 2.05) is 6.07 Å². The highest BCUT2D eigenvalue weighted by molar-refractivity contribution is 7.17. The van der Waals surface area contributed by atoms with Crippen molar-refractivity contribution in [2.45, 2.75) is 0 Å². The number of nitrogens with zero attached hydrogens (tertiary/aromatic N) is 1. The van der Waals surface area contributed by atoms with Crippen LogP contribution < -0.4 is 4.74 Å². The van der Waals surface area contributed by atoms with Crippen LogP contribution in [0.3, 0.4) is 0 Å². The van der Waals surface area contributed by atoms with Crippen molar-refractivity contribution < 1.29 is 4.74 Å². The molecule has 1 heterocycles. The SMILES string of the molecule is COc1cc(Cl)c2c(C#N)csc2c1. The number of benzene rings is 1. The molecule has 0 aliphatic rings. The number of halogens is 1. The second-order valence-corrected chi connectivity index (χ2v) is 4.06. The van der Waals surface area contributed by atoms with Crippen LogP contribution in [0.4, 0.5) is 0 Å². The number of rotatable bonds is 1. The van der Waals surface area contributed by atoms with E-state index < -0.39 is 0 Å². The van der Waals surface area contributed by atoms with E-state index in [-0.39, 0.29) is 0 Å². The summed E-state index contributed by atoms with van der Waals surface area (Å²) in [5, 5.41) is 12.0. The fourth-order valence-electron chi connectivity index (χ4n) is 1.29. The Bertz CT molecular complexity index is 527. The zero-order chi connectivity index (χ0) is 10.1. The predicted molar refractivity (Wildman–Crippen MR) is 58.1 cm³/mol. The summed E-state index contributed by atoms with van der Waals surface area (Å²) in [5.41, 5.74) is 0.623. The third-order valence-electron chi connectivity index (χ3n) is 1.96. The summed E-state index contributed by atoms with van der Waals surface area (Å²) in [5.74, 6) is 0.717. The van der Waals surface area contributed by atoms with E-state index in [0.29, 0.717) is 16.3 Å². The van der Waals surface area contributed by atoms with E-state index in [1.54, 1.807) is 18.6 Å². The average molecular weight is 224 g/mol. The van der Waals surface area contributed by atoms with Gasteiger partial charge in [0.05, 0.1) is 17.7 Å². The second kappa shape index (κ2) is 3.49. The van der Waals surface area contributed by atoms with E-state index in [0.717, 1.165) is 10.1 Å². The summed E-state index contributed by atoms with van der Waals surface area (Å²) in [4.78, 5) is 0. The number of fused-ring (bicyclic) bond motifs is 1. The van der Waals surface area contributed by atoms with Gasteiger partial charge in [-0.1, -0.05) is 11.6 Å². The van der Waals surface area contributed by atoms with Crippen molar-refractivity contribution in [1.29, 1.82) is 5.26 Å². The molecule has 0 bridgehead atoms. The number of hydrogen-bond donors (Lipinski definition) is 0. The summed E-state index contributed by atoms with van der Waals surface area (Å²) in [7, 11) is 1.59. The molecule has 0 radical (unpaired) electrons. The molecule has 0 spiro atoms. The van der Waals surface area contributed by atoms with Gasteiger partial charge in [0.15, 0.2) is 0 Å². The summed E-state index contributed by atoms with van der Waals surface area (Å²) in [6, 6.07) is 5.71. The van der Waals surface area contributed by atoms with Crippen LogP contribution in [0.1, 0.15) is 5.56 Å². The van der Waals surface area contributed by atoms with Crippen LogP contribution in [0.5, 0.6) is 5.75 Å². The minimum atomic E-state index is 0.567. The Morgan fingerprint density at radius 1 is 1.50 bits per heavy atom. The zero-order valence-electron chi connectivity index (χ0n) is 7.37. The molecule has 14 heavy (non-hydrogen) atoms. The van der Waals surface area contributed by atoms with Crippen LogP contribution in [-0.2, 0) is 0 Å². The van der Waals surface area contributed by atoms with Gasteiger partial charge in [0.2, 0.25) is 0 Å². The van der Waals surface area contributed by atoms with Crippen molar-refractivity contribution in [1.82, 2.24) is 0 Å². The van der Waals surface area contributed by atoms with Crippen molar-refractivity contribution in [3.63, 3.8) is 0 Å². The molecule has 0 aliphatic heterocycles. The molecule has 2 nitrogen and oxygen atoms in total. The van der Waals surface area contributed by atoms with Gasteiger partial charge in [0, 0.05) is 15.5 Å². The first-order valence-electron chi connectivity index (χ1n) is 3.91. The van der Waals surface area contributed by atoms with Crippen molar-refractivity contribution in [2.75, 3.05) is 7.11 Å². The number of ether oxygens (including phenoxy) is 1. The Balaban J connectivity index is 2.80. The predicted octanol–water partition coefficient (Wildman–Crippen LogP) is 3.43. The highest BCUT2D eigenvalue weighted by atomic mass is 35.5. The van der Waals surface area contributed by atoms with Crippen molar-refractivity contribution in [2.24, 2.45) is 0 Å². The quantitative estimate of drug-likeness (QED) is 0.742. The standard InChI is InChI=1S/C10H6ClNOS/c1-13-7-2-8(11)10-6(4-12)5-14-9(10)3-7/h2-3,5H,1H3. The van der Waals surface area contributed by atoms with Gasteiger partial charge in [-0.25, -0.2) is 0 Å². The third-order valence-corrected chi connectivity index (χ3v) is 3.18. The third kappa shape index (κ3) is 1.33. The molecular formula is C10H6ClNOS. The number of nitriles is 1. The van der Waals surface area contributed by atoms with Crippen LogP contribution in [0.15, 0.2) is 17.5 Å². The van der Waals surface area contributed by atoms with Gasteiger partial charge in [-0.3, -0.25) is 0 Å². The molecule has 1 aromatic heterocycles. The fourth-order valence-corrected chi connectivity index (χ4v) is 2.60. The molecule has 0 saturated heterocycles. The van der Waals surface area contributed by atoms with Crippen molar-refractivity contribution >= 4 is 33.0 Å². The molecule has 0 aliphatic carbocycles. The fraction of sp³-hybridized carbons (Fsp3) is 0.100. The van der Waals surface area contributed by atoms with Crippen LogP contribution in [0.25, 0.3) is 10.1 Å². The van der Waals surface area contributed by atoms with Gasteiger partial charge in [-0.2, -0.15) is 5.26 Å². The van der Waals surface area contributed by atoms with Gasteiger partial charge in [0.25, 0.3) is 0 Å².